The minimum Gasteiger partial charge on any atom is -0.475 e. The number of rotatable bonds is 11. The number of carbonyl (C=O) groups is 7. The van der Waals surface area contributed by atoms with E-state index in [9.17, 15) is 50.4 Å². The van der Waals surface area contributed by atoms with Gasteiger partial charge in [0.25, 0.3) is 11.8 Å². The van der Waals surface area contributed by atoms with Crippen molar-refractivity contribution in [3.63, 3.8) is 0 Å². The fourth-order valence-corrected chi connectivity index (χ4v) is 8.50. The number of carboxylic acid groups (broad SMARTS) is 1. The largest absolute Gasteiger partial charge is 0.490 e. The molecule has 24 heteroatoms. The molecular formula is C41H36F3N9O10S2. The summed E-state index contributed by atoms with van der Waals surface area (Å²) in [4.78, 5) is 99.6. The molecule has 2 fully saturated rings. The number of piperazine rings is 1. The van der Waals surface area contributed by atoms with Gasteiger partial charge in [-0.25, -0.2) is 23.2 Å². The van der Waals surface area contributed by atoms with E-state index in [0.29, 0.717) is 43.4 Å². The molecular weight excluding hydrogens is 900 g/mol. The Kier molecular flexibility index (Phi) is 12.8. The lowest BCUT2D eigenvalue weighted by Gasteiger charge is -2.37. The van der Waals surface area contributed by atoms with Crippen molar-refractivity contribution in [2.24, 2.45) is 0 Å². The van der Waals surface area contributed by atoms with Crippen LogP contribution in [0.5, 0.6) is 0 Å². The van der Waals surface area contributed by atoms with E-state index in [2.05, 4.69) is 30.4 Å². The third kappa shape index (κ3) is 10.2. The number of alkyl halides is 3. The van der Waals surface area contributed by atoms with Gasteiger partial charge in [0.05, 0.1) is 28.8 Å². The van der Waals surface area contributed by atoms with Crippen LogP contribution in [-0.2, 0) is 34.0 Å². The number of hydrogen-bond donors (Lipinski definition) is 3. The number of carboxylic acids is 1. The van der Waals surface area contributed by atoms with Crippen molar-refractivity contribution < 1.29 is 60.3 Å². The lowest BCUT2D eigenvalue weighted by Crippen LogP contribution is -2.54. The fraction of sp³-hybridized carbons (Fsp3) is 0.244. The molecule has 3 N–H and O–H groups in total. The molecule has 0 saturated carbocycles. The first-order valence-electron chi connectivity index (χ1n) is 19.4. The van der Waals surface area contributed by atoms with Gasteiger partial charge < -0.3 is 25.1 Å². The summed E-state index contributed by atoms with van der Waals surface area (Å²) in [6.45, 7) is 2.21. The standard InChI is InChI=1S/C39H35N9O8S2.C2HF3O2/c1-58(55,56)47-12-10-28(20-47)46(23-49)21-35(51)43-39-41-31(22-57-39)26-4-2-3-24(17-26)25-9-11-40-33(18-25)45-15-13-44(14-16-45)27-5-6-29-30(19-27)38(54)48(37(29)53)32-7-8-34(50)42-36(32)52;3-2(4,5)1(6)7/h2-6,9-12,17-20,22-23,32H,7-8,13-16,21H2,1H3,(H,41,43,51)(H,42,50,52);(H,6,7). The maximum Gasteiger partial charge on any atom is 0.490 e. The number of piperidine rings is 1. The summed E-state index contributed by atoms with van der Waals surface area (Å²) in [6.07, 6.45) is 0.873. The molecule has 3 aliphatic heterocycles. The number of benzene rings is 2. The van der Waals surface area contributed by atoms with Crippen LogP contribution < -0.4 is 25.3 Å². The van der Waals surface area contributed by atoms with Crippen LogP contribution in [0, 0.1) is 0 Å². The van der Waals surface area contributed by atoms with Gasteiger partial charge in [-0.3, -0.25) is 43.0 Å². The van der Waals surface area contributed by atoms with Crippen molar-refractivity contribution in [1.82, 2.24) is 24.2 Å². The van der Waals surface area contributed by atoms with E-state index >= 15 is 0 Å². The molecule has 3 aliphatic rings. The van der Waals surface area contributed by atoms with Crippen molar-refractivity contribution >= 4 is 85.6 Å². The van der Waals surface area contributed by atoms with E-state index in [4.69, 9.17) is 9.90 Å². The van der Waals surface area contributed by atoms with Crippen molar-refractivity contribution in [1.29, 1.82) is 0 Å². The van der Waals surface area contributed by atoms with Crippen LogP contribution in [0.3, 0.4) is 0 Å². The first-order valence-corrected chi connectivity index (χ1v) is 22.1. The van der Waals surface area contributed by atoms with E-state index in [1.807, 2.05) is 47.8 Å². The van der Waals surface area contributed by atoms with E-state index in [1.165, 1.54) is 29.8 Å². The Balaban J connectivity index is 0.000000833. The normalized spacial score (nSPS) is 16.4. The third-order valence-electron chi connectivity index (χ3n) is 10.4. The maximum absolute atomic E-state index is 13.4. The number of thiazole rings is 1. The minimum absolute atomic E-state index is 0.0581. The molecule has 0 aliphatic carbocycles. The Morgan fingerprint density at radius 1 is 0.954 bits per heavy atom. The van der Waals surface area contributed by atoms with Crippen LogP contribution in [0.2, 0.25) is 0 Å². The van der Waals surface area contributed by atoms with Crippen molar-refractivity contribution in [3.05, 3.63) is 95.8 Å². The lowest BCUT2D eigenvalue weighted by molar-refractivity contribution is -0.192. The minimum atomic E-state index is -5.08. The highest BCUT2D eigenvalue weighted by Crippen LogP contribution is 2.33. The summed E-state index contributed by atoms with van der Waals surface area (Å²) in [7, 11) is -3.54. The highest BCUT2D eigenvalue weighted by Gasteiger charge is 2.45. The van der Waals surface area contributed by atoms with Crippen LogP contribution in [0.1, 0.15) is 33.6 Å². The molecule has 0 spiro atoms. The first-order chi connectivity index (χ1) is 30.8. The van der Waals surface area contributed by atoms with Crippen LogP contribution >= 0.6 is 11.3 Å². The number of aliphatic carboxylic acids is 1. The fourth-order valence-electron chi connectivity index (χ4n) is 7.19. The van der Waals surface area contributed by atoms with Crippen molar-refractivity contribution in [2.45, 2.75) is 25.1 Å². The zero-order chi connectivity index (χ0) is 46.8. The smallest absolute Gasteiger partial charge is 0.475 e. The molecule has 0 bridgehead atoms. The van der Waals surface area contributed by atoms with Crippen molar-refractivity contribution in [2.75, 3.05) is 59.0 Å². The SMILES string of the molecule is CS(=O)(=O)n1ccc(N(C=O)CC(=O)Nc2nc(-c3cccc(-c4ccnc(N5CCN(c6ccc7c(c6)C(=O)N(C6CCC(=O)NC6=O)C7=O)CC5)c4)c3)cs2)c1.O=C(O)C(F)(F)F. The molecule has 8 rings (SSSR count). The van der Waals surface area contributed by atoms with E-state index in [0.717, 1.165) is 48.2 Å². The highest BCUT2D eigenvalue weighted by molar-refractivity contribution is 7.89. The second kappa shape index (κ2) is 18.3. The zero-order valence-electron chi connectivity index (χ0n) is 33.9. The summed E-state index contributed by atoms with van der Waals surface area (Å²) < 4.78 is 56.3. The number of hydrogen-bond acceptors (Lipinski definition) is 14. The first kappa shape index (κ1) is 45.6. The predicted octanol–water partition coefficient (Wildman–Crippen LogP) is 3.44. The number of pyridine rings is 1. The Morgan fingerprint density at radius 2 is 1.63 bits per heavy atom. The molecule has 5 aromatic rings. The van der Waals surface area contributed by atoms with Crippen LogP contribution in [-0.4, -0.2) is 125 Å². The predicted molar refractivity (Wildman–Crippen MR) is 229 cm³/mol. The second-order valence-corrected chi connectivity index (χ2v) is 17.5. The number of halogens is 3. The number of nitrogens with one attached hydrogen (secondary N) is 2. The summed E-state index contributed by atoms with van der Waals surface area (Å²) in [5.74, 6) is -4.60. The Labute approximate surface area is 371 Å². The maximum atomic E-state index is 13.4. The Hall–Kier alpha value is -7.47. The Bertz CT molecular complexity index is 2840. The molecule has 3 aromatic heterocycles. The molecule has 1 unspecified atom stereocenters. The molecule has 0 radical (unpaired) electrons. The molecule has 338 valence electrons. The molecule has 19 nitrogen and oxygen atoms in total. The molecule has 65 heavy (non-hydrogen) atoms. The quantitative estimate of drug-likeness (QED) is 0.127. The average molecular weight is 936 g/mol. The van der Waals surface area contributed by atoms with Gasteiger partial charge in [-0.15, -0.1) is 11.3 Å². The van der Waals surface area contributed by atoms with Crippen molar-refractivity contribution in [3.8, 4) is 22.4 Å². The topological polar surface area (TPSA) is 242 Å². The zero-order valence-corrected chi connectivity index (χ0v) is 35.5. The van der Waals surface area contributed by atoms with Gasteiger partial charge in [0, 0.05) is 67.8 Å². The van der Waals surface area contributed by atoms with Crippen LogP contribution in [0.4, 0.5) is 35.5 Å². The van der Waals surface area contributed by atoms with Gasteiger partial charge in [-0.2, -0.15) is 13.2 Å². The number of anilines is 4. The number of imide groups is 2. The highest BCUT2D eigenvalue weighted by atomic mass is 32.2. The second-order valence-electron chi connectivity index (χ2n) is 14.7. The van der Waals surface area contributed by atoms with Crippen LogP contribution in [0.15, 0.2) is 84.6 Å². The third-order valence-corrected chi connectivity index (χ3v) is 12.2. The van der Waals surface area contributed by atoms with E-state index < -0.39 is 57.7 Å². The van der Waals surface area contributed by atoms with Gasteiger partial charge in [0.15, 0.2) is 5.13 Å². The summed E-state index contributed by atoms with van der Waals surface area (Å²) in [5.41, 5.74) is 4.88. The van der Waals surface area contributed by atoms with Crippen LogP contribution in [0.25, 0.3) is 22.4 Å². The van der Waals surface area contributed by atoms with Gasteiger partial charge >= 0.3 is 12.1 Å². The number of fused-ring (bicyclic) bond motifs is 1. The molecule has 1 atom stereocenters. The number of amides is 6. The lowest BCUT2D eigenvalue weighted by atomic mass is 10.0. The number of aromatic nitrogens is 3. The summed E-state index contributed by atoms with van der Waals surface area (Å²) in [5, 5.41) is 14.2. The van der Waals surface area contributed by atoms with Gasteiger partial charge in [0.2, 0.25) is 34.2 Å². The molecule has 6 amide bonds. The number of nitrogens with zero attached hydrogens (tertiary/aromatic N) is 7. The summed E-state index contributed by atoms with van der Waals surface area (Å²) >= 11 is 1.23. The van der Waals surface area contributed by atoms with Gasteiger partial charge in [-0.1, -0.05) is 18.2 Å². The van der Waals surface area contributed by atoms with Gasteiger partial charge in [0.1, 0.15) is 18.4 Å². The molecule has 6 heterocycles. The monoisotopic (exact) mass is 935 g/mol. The average Bonchev–Trinajstić information content (AvgIpc) is 4.02. The van der Waals surface area contributed by atoms with E-state index in [-0.39, 0.29) is 36.2 Å². The van der Waals surface area contributed by atoms with E-state index in [1.54, 1.807) is 18.3 Å². The molecule has 2 aromatic carbocycles. The van der Waals surface area contributed by atoms with Gasteiger partial charge in [-0.05, 0) is 60.0 Å². The Morgan fingerprint density at radius 3 is 2.29 bits per heavy atom. The molecule has 2 saturated heterocycles. The summed E-state index contributed by atoms with van der Waals surface area (Å²) in [6, 6.07) is 17.3. The number of carbonyl (C=O) groups excluding carboxylic acids is 6.